The molecule has 7 heteroatoms. The lowest BCUT2D eigenvalue weighted by Crippen LogP contribution is -2.12. The number of carbonyl (C=O) groups is 1. The smallest absolute Gasteiger partial charge is 0.224 e. The monoisotopic (exact) mass is 287 g/mol. The van der Waals surface area contributed by atoms with Gasteiger partial charge >= 0.3 is 0 Å². The summed E-state index contributed by atoms with van der Waals surface area (Å²) in [5.41, 5.74) is 3.50. The van der Waals surface area contributed by atoms with E-state index in [1.54, 1.807) is 27.9 Å². The van der Waals surface area contributed by atoms with E-state index in [-0.39, 0.29) is 5.91 Å². The average molecular weight is 287 g/mol. The molecule has 0 aliphatic heterocycles. The van der Waals surface area contributed by atoms with Crippen LogP contribution in [-0.4, -0.2) is 25.7 Å². The Kier molecular flexibility index (Phi) is 3.69. The van der Waals surface area contributed by atoms with E-state index in [9.17, 15) is 4.79 Å². The Hall–Kier alpha value is -2.28. The summed E-state index contributed by atoms with van der Waals surface area (Å²) in [4.78, 5) is 19.9. The van der Waals surface area contributed by atoms with Crippen molar-refractivity contribution in [1.82, 2.24) is 19.7 Å². The Balaban J connectivity index is 1.52. The standard InChI is InChI=1S/C13H13N5OS/c19-13(2-1-5-18-8-14-7-16-18)17-10-3-4-12-11(6-10)15-9-20-12/h3-4,6-9H,1-2,5H2,(H,17,19). The third-order valence-corrected chi connectivity index (χ3v) is 3.68. The zero-order valence-electron chi connectivity index (χ0n) is 10.7. The van der Waals surface area contributed by atoms with Gasteiger partial charge in [-0.1, -0.05) is 0 Å². The van der Waals surface area contributed by atoms with Crippen LogP contribution in [0.3, 0.4) is 0 Å². The predicted molar refractivity (Wildman–Crippen MR) is 77.5 cm³/mol. The summed E-state index contributed by atoms with van der Waals surface area (Å²) in [6, 6.07) is 5.76. The van der Waals surface area contributed by atoms with E-state index in [0.29, 0.717) is 13.0 Å². The topological polar surface area (TPSA) is 72.7 Å². The van der Waals surface area contributed by atoms with Gasteiger partial charge in [0.2, 0.25) is 5.91 Å². The van der Waals surface area contributed by atoms with Gasteiger partial charge in [-0.25, -0.2) is 9.97 Å². The molecule has 0 aliphatic carbocycles. The molecule has 0 saturated carbocycles. The molecule has 3 rings (SSSR count). The van der Waals surface area contributed by atoms with Crippen molar-refractivity contribution < 1.29 is 4.79 Å². The number of aromatic nitrogens is 4. The molecule has 2 heterocycles. The van der Waals surface area contributed by atoms with Crippen LogP contribution in [0.4, 0.5) is 5.69 Å². The number of amides is 1. The number of nitrogens with zero attached hydrogens (tertiary/aromatic N) is 4. The normalized spacial score (nSPS) is 10.8. The summed E-state index contributed by atoms with van der Waals surface area (Å²) in [5.74, 6) is -0.000283. The fourth-order valence-corrected chi connectivity index (χ4v) is 2.57. The summed E-state index contributed by atoms with van der Waals surface area (Å²) in [5, 5.41) is 6.88. The number of anilines is 1. The zero-order valence-corrected chi connectivity index (χ0v) is 11.5. The molecule has 0 radical (unpaired) electrons. The van der Waals surface area contributed by atoms with E-state index in [1.807, 2.05) is 18.2 Å². The van der Waals surface area contributed by atoms with Crippen molar-refractivity contribution in [3.63, 3.8) is 0 Å². The molecule has 3 aromatic rings. The molecule has 1 aromatic carbocycles. The first-order chi connectivity index (χ1) is 9.81. The van der Waals surface area contributed by atoms with Gasteiger partial charge in [-0.3, -0.25) is 9.48 Å². The highest BCUT2D eigenvalue weighted by Crippen LogP contribution is 2.21. The minimum absolute atomic E-state index is 0.000283. The molecule has 2 aromatic heterocycles. The highest BCUT2D eigenvalue weighted by atomic mass is 32.1. The lowest BCUT2D eigenvalue weighted by molar-refractivity contribution is -0.116. The number of fused-ring (bicyclic) bond motifs is 1. The van der Waals surface area contributed by atoms with Crippen LogP contribution in [0.2, 0.25) is 0 Å². The number of benzene rings is 1. The summed E-state index contributed by atoms with van der Waals surface area (Å²) in [6.07, 6.45) is 4.32. The second-order valence-electron chi connectivity index (χ2n) is 4.35. The second kappa shape index (κ2) is 5.79. The van der Waals surface area contributed by atoms with Crippen LogP contribution in [0.5, 0.6) is 0 Å². The molecule has 1 N–H and O–H groups in total. The maximum atomic E-state index is 11.8. The molecule has 0 bridgehead atoms. The van der Waals surface area contributed by atoms with Crippen molar-refractivity contribution in [2.75, 3.05) is 5.32 Å². The molecule has 0 fully saturated rings. The maximum absolute atomic E-state index is 11.8. The van der Waals surface area contributed by atoms with Crippen molar-refractivity contribution in [3.8, 4) is 0 Å². The van der Waals surface area contributed by atoms with Gasteiger partial charge in [-0.05, 0) is 24.6 Å². The Morgan fingerprint density at radius 1 is 1.40 bits per heavy atom. The van der Waals surface area contributed by atoms with Crippen LogP contribution >= 0.6 is 11.3 Å². The molecular formula is C13H13N5OS. The first-order valence-electron chi connectivity index (χ1n) is 6.27. The number of nitrogens with one attached hydrogen (secondary N) is 1. The van der Waals surface area contributed by atoms with Crippen molar-refractivity contribution >= 4 is 33.1 Å². The first-order valence-corrected chi connectivity index (χ1v) is 7.15. The van der Waals surface area contributed by atoms with Gasteiger partial charge in [0.15, 0.2) is 0 Å². The summed E-state index contributed by atoms with van der Waals surface area (Å²) in [7, 11) is 0. The van der Waals surface area contributed by atoms with Crippen LogP contribution in [0.25, 0.3) is 10.2 Å². The highest BCUT2D eigenvalue weighted by molar-refractivity contribution is 7.16. The summed E-state index contributed by atoms with van der Waals surface area (Å²) >= 11 is 1.59. The number of rotatable bonds is 5. The van der Waals surface area contributed by atoms with Crippen LogP contribution in [0.1, 0.15) is 12.8 Å². The van der Waals surface area contributed by atoms with Crippen molar-refractivity contribution in [2.45, 2.75) is 19.4 Å². The van der Waals surface area contributed by atoms with E-state index in [2.05, 4.69) is 20.4 Å². The Bertz CT molecular complexity index is 706. The third kappa shape index (κ3) is 3.00. The Labute approximate surface area is 119 Å². The van der Waals surface area contributed by atoms with Crippen LogP contribution in [0.15, 0.2) is 36.4 Å². The maximum Gasteiger partial charge on any atom is 0.224 e. The number of thiazole rings is 1. The van der Waals surface area contributed by atoms with Gasteiger partial charge in [0.1, 0.15) is 12.7 Å². The third-order valence-electron chi connectivity index (χ3n) is 2.87. The van der Waals surface area contributed by atoms with Crippen LogP contribution < -0.4 is 5.32 Å². The molecule has 1 amide bonds. The largest absolute Gasteiger partial charge is 0.326 e. The fraction of sp³-hybridized carbons (Fsp3) is 0.231. The molecule has 0 aliphatic rings. The molecule has 6 nitrogen and oxygen atoms in total. The average Bonchev–Trinajstić information content (AvgIpc) is 3.08. The van der Waals surface area contributed by atoms with Crippen LogP contribution in [-0.2, 0) is 11.3 Å². The van der Waals surface area contributed by atoms with Crippen molar-refractivity contribution in [2.24, 2.45) is 0 Å². The number of hydrogen-bond acceptors (Lipinski definition) is 5. The second-order valence-corrected chi connectivity index (χ2v) is 5.23. The van der Waals surface area contributed by atoms with Gasteiger partial charge in [-0.15, -0.1) is 11.3 Å². The van der Waals surface area contributed by atoms with Gasteiger partial charge in [0.05, 0.1) is 15.7 Å². The first kappa shape index (κ1) is 12.7. The van der Waals surface area contributed by atoms with Gasteiger partial charge in [0, 0.05) is 18.7 Å². The Morgan fingerprint density at radius 2 is 2.35 bits per heavy atom. The van der Waals surface area contributed by atoms with Crippen LogP contribution in [0, 0.1) is 0 Å². The summed E-state index contributed by atoms with van der Waals surface area (Å²) < 4.78 is 2.84. The molecule has 0 atom stereocenters. The molecule has 0 unspecified atom stereocenters. The van der Waals surface area contributed by atoms with Gasteiger partial charge < -0.3 is 5.32 Å². The lowest BCUT2D eigenvalue weighted by Gasteiger charge is -2.05. The molecule has 0 saturated heterocycles. The fourth-order valence-electron chi connectivity index (χ4n) is 1.91. The van der Waals surface area contributed by atoms with Gasteiger partial charge in [-0.2, -0.15) is 5.10 Å². The molecule has 102 valence electrons. The highest BCUT2D eigenvalue weighted by Gasteiger charge is 2.04. The van der Waals surface area contributed by atoms with E-state index < -0.39 is 0 Å². The quantitative estimate of drug-likeness (QED) is 0.781. The minimum atomic E-state index is -0.000283. The Morgan fingerprint density at radius 3 is 3.20 bits per heavy atom. The number of carbonyl (C=O) groups excluding carboxylic acids is 1. The van der Waals surface area contributed by atoms with E-state index in [0.717, 1.165) is 22.3 Å². The zero-order chi connectivity index (χ0) is 13.8. The lowest BCUT2D eigenvalue weighted by atomic mass is 10.2. The SMILES string of the molecule is O=C(CCCn1cncn1)Nc1ccc2scnc2c1. The van der Waals surface area contributed by atoms with E-state index in [1.165, 1.54) is 6.33 Å². The van der Waals surface area contributed by atoms with Crippen molar-refractivity contribution in [1.29, 1.82) is 0 Å². The molecular weight excluding hydrogens is 274 g/mol. The van der Waals surface area contributed by atoms with Crippen molar-refractivity contribution in [3.05, 3.63) is 36.4 Å². The minimum Gasteiger partial charge on any atom is -0.326 e. The number of aryl methyl sites for hydroxylation is 1. The predicted octanol–water partition coefficient (Wildman–Crippen LogP) is 2.31. The summed E-state index contributed by atoms with van der Waals surface area (Å²) in [6.45, 7) is 0.693. The van der Waals surface area contributed by atoms with E-state index in [4.69, 9.17) is 0 Å². The van der Waals surface area contributed by atoms with E-state index >= 15 is 0 Å². The van der Waals surface area contributed by atoms with Gasteiger partial charge in [0.25, 0.3) is 0 Å². The number of hydrogen-bond donors (Lipinski definition) is 1. The molecule has 20 heavy (non-hydrogen) atoms. The molecule has 0 spiro atoms.